The van der Waals surface area contributed by atoms with Gasteiger partial charge in [-0.3, -0.25) is 14.5 Å². The first kappa shape index (κ1) is 23.2. The molecule has 0 amide bonds. The van der Waals surface area contributed by atoms with Gasteiger partial charge in [-0.2, -0.15) is 4.98 Å². The number of pyridine rings is 1. The highest BCUT2D eigenvalue weighted by Gasteiger charge is 2.19. The van der Waals surface area contributed by atoms with Crippen molar-refractivity contribution in [3.8, 4) is 0 Å². The van der Waals surface area contributed by atoms with Crippen molar-refractivity contribution in [1.82, 2.24) is 29.6 Å². The molecular weight excluding hydrogens is 442 g/mol. The predicted octanol–water partition coefficient (Wildman–Crippen LogP) is 2.87. The molecular formula is C26H31N7O2. The first-order chi connectivity index (χ1) is 16.8. The molecule has 9 nitrogen and oxygen atoms in total. The lowest BCUT2D eigenvalue weighted by Gasteiger charge is -2.18. The number of hydrogen-bond acceptors (Lipinski definition) is 7. The average molecular weight is 474 g/mol. The van der Waals surface area contributed by atoms with Crippen molar-refractivity contribution < 1.29 is 5.11 Å². The Bertz CT molecular complexity index is 1430. The first-order valence-corrected chi connectivity index (χ1v) is 12.1. The van der Waals surface area contributed by atoms with E-state index in [4.69, 9.17) is 4.98 Å². The molecule has 4 heterocycles. The maximum absolute atomic E-state index is 13.0. The van der Waals surface area contributed by atoms with Crippen LogP contribution in [-0.2, 0) is 38.1 Å². The molecule has 1 aromatic carbocycles. The van der Waals surface area contributed by atoms with E-state index in [-0.39, 0.29) is 5.56 Å². The Morgan fingerprint density at radius 1 is 1.14 bits per heavy atom. The van der Waals surface area contributed by atoms with Gasteiger partial charge in [-0.05, 0) is 69.1 Å². The van der Waals surface area contributed by atoms with Gasteiger partial charge in [0.2, 0.25) is 5.95 Å². The van der Waals surface area contributed by atoms with Crippen molar-refractivity contribution in [3.05, 3.63) is 75.5 Å². The third-order valence-corrected chi connectivity index (χ3v) is 6.43. The summed E-state index contributed by atoms with van der Waals surface area (Å²) in [4.78, 5) is 26.7. The second-order valence-electron chi connectivity index (χ2n) is 9.43. The summed E-state index contributed by atoms with van der Waals surface area (Å²) in [5.74, 6) is 0.449. The van der Waals surface area contributed by atoms with Crippen LogP contribution in [0.5, 0.6) is 0 Å². The molecule has 4 aromatic rings. The zero-order valence-electron chi connectivity index (χ0n) is 20.4. The molecule has 1 aliphatic rings. The minimum atomic E-state index is -1.01. The van der Waals surface area contributed by atoms with Crippen LogP contribution in [0.3, 0.4) is 0 Å². The number of nitrogens with one attached hydrogen (secondary N) is 2. The molecule has 0 saturated carbocycles. The number of aryl methyl sites for hydroxylation is 2. The van der Waals surface area contributed by atoms with Crippen LogP contribution in [0.2, 0.25) is 0 Å². The van der Waals surface area contributed by atoms with Crippen LogP contribution in [0.25, 0.3) is 11.0 Å². The lowest BCUT2D eigenvalue weighted by Crippen LogP contribution is -2.23. The normalized spacial score (nSPS) is 13.7. The van der Waals surface area contributed by atoms with E-state index >= 15 is 0 Å². The molecule has 0 spiro atoms. The number of aromatic nitrogens is 5. The van der Waals surface area contributed by atoms with E-state index in [1.807, 2.05) is 35.9 Å². The summed E-state index contributed by atoms with van der Waals surface area (Å²) in [5.41, 5.74) is 4.50. The Labute approximate surface area is 203 Å². The van der Waals surface area contributed by atoms with E-state index in [1.165, 1.54) is 11.1 Å². The summed E-state index contributed by atoms with van der Waals surface area (Å²) < 4.78 is 3.59. The summed E-state index contributed by atoms with van der Waals surface area (Å²) in [6.07, 6.45) is 3.23. The molecule has 0 aliphatic carbocycles. The third kappa shape index (κ3) is 4.69. The molecule has 3 N–H and O–H groups in total. The maximum atomic E-state index is 13.0. The van der Waals surface area contributed by atoms with E-state index in [9.17, 15) is 9.90 Å². The Kier molecular flexibility index (Phi) is 6.12. The van der Waals surface area contributed by atoms with Crippen LogP contribution in [0.4, 0.5) is 11.6 Å². The van der Waals surface area contributed by atoms with Crippen molar-refractivity contribution in [2.45, 2.75) is 58.8 Å². The van der Waals surface area contributed by atoms with Crippen molar-refractivity contribution >= 4 is 22.7 Å². The van der Waals surface area contributed by atoms with Gasteiger partial charge in [-0.25, -0.2) is 9.67 Å². The van der Waals surface area contributed by atoms with E-state index in [2.05, 4.69) is 32.7 Å². The second kappa shape index (κ2) is 9.24. The number of aliphatic hydroxyl groups is 1. The molecule has 182 valence electrons. The number of hydrogen-bond donors (Lipinski definition) is 3. The monoisotopic (exact) mass is 473 g/mol. The van der Waals surface area contributed by atoms with Crippen molar-refractivity contribution in [3.63, 3.8) is 0 Å². The molecule has 5 rings (SSSR count). The van der Waals surface area contributed by atoms with Crippen LogP contribution in [0.1, 0.15) is 43.3 Å². The molecule has 0 atom stereocenters. The van der Waals surface area contributed by atoms with Crippen LogP contribution < -0.4 is 16.2 Å². The molecule has 1 aliphatic heterocycles. The van der Waals surface area contributed by atoms with Crippen LogP contribution in [-0.4, -0.2) is 36.0 Å². The topological polar surface area (TPSA) is 110 Å². The van der Waals surface area contributed by atoms with E-state index in [1.54, 1.807) is 24.7 Å². The van der Waals surface area contributed by atoms with Crippen LogP contribution in [0, 0.1) is 0 Å². The second-order valence-corrected chi connectivity index (χ2v) is 9.43. The van der Waals surface area contributed by atoms with Crippen molar-refractivity contribution in [2.24, 2.45) is 0 Å². The van der Waals surface area contributed by atoms with Gasteiger partial charge in [0.25, 0.3) is 5.56 Å². The van der Waals surface area contributed by atoms with Gasteiger partial charge in [-0.1, -0.05) is 12.1 Å². The highest BCUT2D eigenvalue weighted by Crippen LogP contribution is 2.22. The maximum Gasteiger partial charge on any atom is 0.277 e. The lowest BCUT2D eigenvalue weighted by atomic mass is 10.0. The van der Waals surface area contributed by atoms with E-state index in [0.717, 1.165) is 30.9 Å². The van der Waals surface area contributed by atoms with Gasteiger partial charge in [0.05, 0.1) is 5.69 Å². The summed E-state index contributed by atoms with van der Waals surface area (Å²) in [5, 5.41) is 17.5. The van der Waals surface area contributed by atoms with Crippen molar-refractivity contribution in [1.29, 1.82) is 0 Å². The predicted molar refractivity (Wildman–Crippen MR) is 136 cm³/mol. The largest absolute Gasteiger partial charge is 0.384 e. The Balaban J connectivity index is 1.45. The third-order valence-electron chi connectivity index (χ3n) is 6.43. The fourth-order valence-electron chi connectivity index (χ4n) is 4.55. The zero-order chi connectivity index (χ0) is 24.6. The molecule has 0 bridgehead atoms. The first-order valence-electron chi connectivity index (χ1n) is 12.1. The van der Waals surface area contributed by atoms with E-state index < -0.39 is 5.60 Å². The molecule has 0 unspecified atom stereocenters. The summed E-state index contributed by atoms with van der Waals surface area (Å²) in [7, 11) is 0. The number of anilines is 2. The smallest absolute Gasteiger partial charge is 0.277 e. The Hall–Kier alpha value is -3.56. The highest BCUT2D eigenvalue weighted by molar-refractivity contribution is 5.75. The fraction of sp³-hybridized carbons (Fsp3) is 0.385. The molecule has 0 fully saturated rings. The number of rotatable bonds is 7. The molecule has 9 heteroatoms. The Morgan fingerprint density at radius 2 is 2.00 bits per heavy atom. The number of benzene rings is 1. The summed E-state index contributed by atoms with van der Waals surface area (Å²) >= 11 is 0. The molecule has 0 saturated heterocycles. The molecule has 0 radical (unpaired) electrons. The van der Waals surface area contributed by atoms with Crippen LogP contribution in [0.15, 0.2) is 47.4 Å². The Morgan fingerprint density at radius 3 is 2.80 bits per heavy atom. The minimum Gasteiger partial charge on any atom is -0.384 e. The standard InChI is InChI=1S/C26H31N7O2/c1-4-32-24(34)21-16-28-25(30-20-9-8-17-10-12-27-15-18(17)14-20)31-23(21)33(32)13-11-19-6-5-7-22(29-19)26(2,3)35/h5-9,14,16,27,35H,4,10-13,15H2,1-3H3,(H,28,30,31). The molecule has 35 heavy (non-hydrogen) atoms. The minimum absolute atomic E-state index is 0.105. The van der Waals surface area contributed by atoms with Crippen LogP contribution >= 0.6 is 0 Å². The fourth-order valence-corrected chi connectivity index (χ4v) is 4.55. The van der Waals surface area contributed by atoms with Gasteiger partial charge in [0, 0.05) is 43.6 Å². The quantitative estimate of drug-likeness (QED) is 0.379. The highest BCUT2D eigenvalue weighted by atomic mass is 16.3. The van der Waals surface area contributed by atoms with Gasteiger partial charge in [0.15, 0.2) is 5.65 Å². The lowest BCUT2D eigenvalue weighted by molar-refractivity contribution is 0.0736. The van der Waals surface area contributed by atoms with E-state index in [0.29, 0.717) is 42.2 Å². The zero-order valence-corrected chi connectivity index (χ0v) is 20.4. The SMILES string of the molecule is CCn1c(=O)c2cnc(Nc3ccc4c(c3)CNCC4)nc2n1CCc1cccc(C(C)(C)O)n1. The number of fused-ring (bicyclic) bond motifs is 2. The van der Waals surface area contributed by atoms with Gasteiger partial charge < -0.3 is 15.7 Å². The van der Waals surface area contributed by atoms with Gasteiger partial charge in [-0.15, -0.1) is 0 Å². The average Bonchev–Trinajstić information content (AvgIpc) is 3.12. The number of nitrogens with zero attached hydrogens (tertiary/aromatic N) is 5. The summed E-state index contributed by atoms with van der Waals surface area (Å²) in [6.45, 7) is 8.28. The van der Waals surface area contributed by atoms with Crippen molar-refractivity contribution in [2.75, 3.05) is 11.9 Å². The van der Waals surface area contributed by atoms with Gasteiger partial charge >= 0.3 is 0 Å². The summed E-state index contributed by atoms with van der Waals surface area (Å²) in [6, 6.07) is 12.0. The van der Waals surface area contributed by atoms with Gasteiger partial charge in [0.1, 0.15) is 11.0 Å². The molecule has 3 aromatic heterocycles.